The number of sulfonamides is 1. The zero-order valence-corrected chi connectivity index (χ0v) is 16.4. The second kappa shape index (κ2) is 7.03. The van der Waals surface area contributed by atoms with E-state index in [-0.39, 0.29) is 16.8 Å². The molecule has 3 aromatic rings. The Morgan fingerprint density at radius 2 is 2.04 bits per heavy atom. The summed E-state index contributed by atoms with van der Waals surface area (Å²) in [5.41, 5.74) is 1.32. The average molecular weight is 402 g/mol. The number of carbonyl (C=O) groups is 1. The maximum absolute atomic E-state index is 13.1. The summed E-state index contributed by atoms with van der Waals surface area (Å²) < 4.78 is 27.5. The summed E-state index contributed by atoms with van der Waals surface area (Å²) in [7, 11) is -2.24. The highest BCUT2D eigenvalue weighted by molar-refractivity contribution is 7.89. The molecule has 1 aliphatic rings. The Balaban J connectivity index is 1.66. The molecular weight excluding hydrogens is 382 g/mol. The molecule has 27 heavy (non-hydrogen) atoms. The summed E-state index contributed by atoms with van der Waals surface area (Å²) in [4.78, 5) is 19.7. The first-order valence-electron chi connectivity index (χ1n) is 8.69. The van der Waals surface area contributed by atoms with Gasteiger partial charge in [-0.25, -0.2) is 18.1 Å². The molecule has 1 N–H and O–H groups in total. The molecule has 1 aliphatic heterocycles. The summed E-state index contributed by atoms with van der Waals surface area (Å²) in [6.07, 6.45) is 1.76. The Morgan fingerprint density at radius 1 is 1.22 bits per heavy atom. The lowest BCUT2D eigenvalue weighted by atomic mass is 10.1. The molecule has 1 atom stereocenters. The zero-order chi connectivity index (χ0) is 19.0. The largest absolute Gasteiger partial charge is 0.329 e. The Labute approximate surface area is 161 Å². The van der Waals surface area contributed by atoms with Crippen LogP contribution in [-0.2, 0) is 10.0 Å². The molecule has 0 spiro atoms. The maximum atomic E-state index is 13.1. The third kappa shape index (κ3) is 3.36. The normalized spacial score (nSPS) is 17.5. The van der Waals surface area contributed by atoms with Gasteiger partial charge >= 0.3 is 0 Å². The summed E-state index contributed by atoms with van der Waals surface area (Å²) in [5.74, 6) is -0.162. The van der Waals surface area contributed by atoms with Crippen LogP contribution < -0.4 is 4.72 Å². The highest BCUT2D eigenvalue weighted by Crippen LogP contribution is 2.37. The molecule has 2 aromatic carbocycles. The van der Waals surface area contributed by atoms with E-state index >= 15 is 0 Å². The Kier molecular flexibility index (Phi) is 4.71. The molecule has 1 saturated heterocycles. The van der Waals surface area contributed by atoms with Gasteiger partial charge in [0.2, 0.25) is 10.0 Å². The van der Waals surface area contributed by atoms with Crippen LogP contribution in [0.15, 0.2) is 53.4 Å². The molecule has 140 valence electrons. The van der Waals surface area contributed by atoms with Crippen LogP contribution in [0.5, 0.6) is 0 Å². The number of hydrogen-bond donors (Lipinski definition) is 1. The van der Waals surface area contributed by atoms with E-state index < -0.39 is 10.0 Å². The van der Waals surface area contributed by atoms with Crippen molar-refractivity contribution in [2.75, 3.05) is 13.6 Å². The number of fused-ring (bicyclic) bond motifs is 1. The van der Waals surface area contributed by atoms with Crippen molar-refractivity contribution in [1.82, 2.24) is 14.6 Å². The van der Waals surface area contributed by atoms with Crippen LogP contribution in [0.4, 0.5) is 0 Å². The molecule has 1 aromatic heterocycles. The fraction of sp³-hybridized carbons (Fsp3) is 0.263. The van der Waals surface area contributed by atoms with E-state index in [4.69, 9.17) is 4.98 Å². The first-order chi connectivity index (χ1) is 13.0. The topological polar surface area (TPSA) is 79.4 Å². The van der Waals surface area contributed by atoms with E-state index in [9.17, 15) is 13.2 Å². The Hall–Kier alpha value is -2.29. The van der Waals surface area contributed by atoms with Gasteiger partial charge in [0, 0.05) is 12.1 Å². The Bertz CT molecular complexity index is 1080. The van der Waals surface area contributed by atoms with Gasteiger partial charge in [-0.1, -0.05) is 18.2 Å². The monoisotopic (exact) mass is 401 g/mol. The quantitative estimate of drug-likeness (QED) is 0.728. The van der Waals surface area contributed by atoms with Gasteiger partial charge in [0.05, 0.1) is 21.2 Å². The standard InChI is InChI=1S/C19H19N3O3S2/c1-20-27(24,25)14-7-4-6-13(12-14)19(23)22-11-5-9-16(22)18-21-15-8-2-3-10-17(15)26-18/h2-4,6-8,10,12,16,20H,5,9,11H2,1H3/t16-/m0/s1. The number of rotatable bonds is 4. The lowest BCUT2D eigenvalue weighted by Crippen LogP contribution is -2.30. The van der Waals surface area contributed by atoms with Crippen molar-refractivity contribution >= 4 is 37.5 Å². The number of para-hydroxylation sites is 1. The van der Waals surface area contributed by atoms with Gasteiger partial charge < -0.3 is 4.90 Å². The van der Waals surface area contributed by atoms with E-state index in [1.165, 1.54) is 19.2 Å². The molecule has 0 aliphatic carbocycles. The number of thiazole rings is 1. The van der Waals surface area contributed by atoms with Gasteiger partial charge in [-0.05, 0) is 50.2 Å². The summed E-state index contributed by atoms with van der Waals surface area (Å²) in [6.45, 7) is 0.641. The van der Waals surface area contributed by atoms with Crippen LogP contribution in [-0.4, -0.2) is 37.8 Å². The number of benzene rings is 2. The molecule has 0 saturated carbocycles. The maximum Gasteiger partial charge on any atom is 0.254 e. The van der Waals surface area contributed by atoms with Gasteiger partial charge in [-0.15, -0.1) is 11.3 Å². The Morgan fingerprint density at radius 3 is 2.81 bits per heavy atom. The van der Waals surface area contributed by atoms with Crippen molar-refractivity contribution < 1.29 is 13.2 Å². The first kappa shape index (κ1) is 18.1. The predicted molar refractivity (Wildman–Crippen MR) is 105 cm³/mol. The molecule has 1 fully saturated rings. The number of likely N-dealkylation sites (tertiary alicyclic amines) is 1. The minimum atomic E-state index is -3.59. The molecular formula is C19H19N3O3S2. The van der Waals surface area contributed by atoms with Crippen LogP contribution in [0.25, 0.3) is 10.2 Å². The van der Waals surface area contributed by atoms with Gasteiger partial charge in [0.1, 0.15) is 5.01 Å². The molecule has 4 rings (SSSR count). The molecule has 2 heterocycles. The molecule has 0 radical (unpaired) electrons. The van der Waals surface area contributed by atoms with E-state index in [1.807, 2.05) is 29.2 Å². The highest BCUT2D eigenvalue weighted by atomic mass is 32.2. The fourth-order valence-corrected chi connectivity index (χ4v) is 5.27. The van der Waals surface area contributed by atoms with Crippen molar-refractivity contribution in [2.45, 2.75) is 23.8 Å². The average Bonchev–Trinajstić information content (AvgIpc) is 3.34. The third-order valence-electron chi connectivity index (χ3n) is 4.77. The first-order valence-corrected chi connectivity index (χ1v) is 11.0. The summed E-state index contributed by atoms with van der Waals surface area (Å²) in [6, 6.07) is 14.0. The second-order valence-corrected chi connectivity index (χ2v) is 9.36. The van der Waals surface area contributed by atoms with Crippen molar-refractivity contribution in [3.05, 3.63) is 59.1 Å². The van der Waals surface area contributed by atoms with Gasteiger partial charge in [-0.3, -0.25) is 4.79 Å². The summed E-state index contributed by atoms with van der Waals surface area (Å²) >= 11 is 1.61. The number of aromatic nitrogens is 1. The number of nitrogens with one attached hydrogen (secondary N) is 1. The van der Waals surface area contributed by atoms with Crippen LogP contribution in [0.1, 0.15) is 34.2 Å². The van der Waals surface area contributed by atoms with Crippen LogP contribution in [0.3, 0.4) is 0 Å². The number of carbonyl (C=O) groups excluding carboxylic acids is 1. The number of amides is 1. The van der Waals surface area contributed by atoms with Crippen molar-refractivity contribution in [1.29, 1.82) is 0 Å². The van der Waals surface area contributed by atoms with Crippen LogP contribution in [0, 0.1) is 0 Å². The van der Waals surface area contributed by atoms with Crippen molar-refractivity contribution in [2.24, 2.45) is 0 Å². The third-order valence-corrected chi connectivity index (χ3v) is 7.32. The summed E-state index contributed by atoms with van der Waals surface area (Å²) in [5, 5.41) is 0.932. The minimum Gasteiger partial charge on any atom is -0.329 e. The molecule has 8 heteroatoms. The van der Waals surface area contributed by atoms with Gasteiger partial charge in [0.25, 0.3) is 5.91 Å². The minimum absolute atomic E-state index is 0.0699. The van der Waals surface area contributed by atoms with E-state index in [2.05, 4.69) is 4.72 Å². The number of nitrogens with zero attached hydrogens (tertiary/aromatic N) is 2. The van der Waals surface area contributed by atoms with Crippen LogP contribution >= 0.6 is 11.3 Å². The van der Waals surface area contributed by atoms with Crippen LogP contribution in [0.2, 0.25) is 0 Å². The molecule has 6 nitrogen and oxygen atoms in total. The van der Waals surface area contributed by atoms with E-state index in [0.29, 0.717) is 12.1 Å². The highest BCUT2D eigenvalue weighted by Gasteiger charge is 2.33. The predicted octanol–water partition coefficient (Wildman–Crippen LogP) is 3.18. The van der Waals surface area contributed by atoms with E-state index in [0.717, 1.165) is 28.1 Å². The lowest BCUT2D eigenvalue weighted by Gasteiger charge is -2.23. The van der Waals surface area contributed by atoms with Crippen molar-refractivity contribution in [3.63, 3.8) is 0 Å². The SMILES string of the molecule is CNS(=O)(=O)c1cccc(C(=O)N2CCC[C@H]2c2nc3ccccc3s2)c1. The van der Waals surface area contributed by atoms with Gasteiger partial charge in [-0.2, -0.15) is 0 Å². The molecule has 0 unspecified atom stereocenters. The molecule has 0 bridgehead atoms. The number of hydrogen-bond acceptors (Lipinski definition) is 5. The molecule has 1 amide bonds. The fourth-order valence-electron chi connectivity index (χ4n) is 3.38. The van der Waals surface area contributed by atoms with Crippen molar-refractivity contribution in [3.8, 4) is 0 Å². The van der Waals surface area contributed by atoms with Gasteiger partial charge in [0.15, 0.2) is 0 Å². The van der Waals surface area contributed by atoms with E-state index in [1.54, 1.807) is 23.5 Å². The zero-order valence-electron chi connectivity index (χ0n) is 14.8. The second-order valence-electron chi connectivity index (χ2n) is 6.41. The lowest BCUT2D eigenvalue weighted by molar-refractivity contribution is 0.0735. The smallest absolute Gasteiger partial charge is 0.254 e.